The number of aliphatic hydroxyl groups is 1. The van der Waals surface area contributed by atoms with E-state index in [1.165, 1.54) is 4.90 Å². The van der Waals surface area contributed by atoms with Crippen LogP contribution in [0, 0.1) is 13.8 Å². The lowest BCUT2D eigenvalue weighted by Gasteiger charge is -2.21. The second-order valence-electron chi connectivity index (χ2n) is 4.77. The first-order chi connectivity index (χ1) is 8.90. The first-order valence-corrected chi connectivity index (χ1v) is 6.02. The van der Waals surface area contributed by atoms with E-state index in [4.69, 9.17) is 9.63 Å². The van der Waals surface area contributed by atoms with Crippen LogP contribution in [-0.2, 0) is 16.0 Å². The van der Waals surface area contributed by atoms with Gasteiger partial charge in [-0.15, -0.1) is 0 Å². The van der Waals surface area contributed by atoms with Crippen LogP contribution in [-0.4, -0.2) is 50.8 Å². The lowest BCUT2D eigenvalue weighted by Crippen LogP contribution is -2.41. The first-order valence-electron chi connectivity index (χ1n) is 6.02. The van der Waals surface area contributed by atoms with Crippen molar-refractivity contribution in [3.63, 3.8) is 0 Å². The van der Waals surface area contributed by atoms with E-state index >= 15 is 0 Å². The topological polar surface area (TPSA) is 104 Å². The minimum absolute atomic E-state index is 0.0394. The average molecular weight is 268 g/mol. The van der Waals surface area contributed by atoms with Gasteiger partial charge < -0.3 is 19.6 Å². The van der Waals surface area contributed by atoms with Crippen LogP contribution in [0.5, 0.6) is 0 Å². The molecule has 2 atom stereocenters. The minimum Gasteiger partial charge on any atom is -0.480 e. The van der Waals surface area contributed by atoms with E-state index in [1.54, 1.807) is 13.8 Å². The minimum atomic E-state index is -1.09. The molecule has 0 spiro atoms. The van der Waals surface area contributed by atoms with Gasteiger partial charge in [0.1, 0.15) is 11.8 Å². The highest BCUT2D eigenvalue weighted by molar-refractivity contribution is 5.86. The molecule has 2 N–H and O–H groups in total. The number of β-amino-alcohol motifs (C(OH)–C–C–N with tert-alkyl or cyclic N) is 1. The Morgan fingerprint density at radius 1 is 1.47 bits per heavy atom. The highest BCUT2D eigenvalue weighted by Gasteiger charge is 2.39. The van der Waals surface area contributed by atoms with Gasteiger partial charge in [-0.25, -0.2) is 4.79 Å². The molecule has 1 fully saturated rings. The number of aliphatic hydroxyl groups excluding tert-OH is 1. The van der Waals surface area contributed by atoms with Crippen LogP contribution in [0.4, 0.5) is 0 Å². The number of nitrogens with zero attached hydrogens (tertiary/aromatic N) is 2. The summed E-state index contributed by atoms with van der Waals surface area (Å²) in [6, 6.07) is -0.956. The SMILES string of the molecule is Cc1noc(C)c1CC(=O)N1C[C@@H](O)C[C@H]1C(=O)O. The molecule has 0 unspecified atom stereocenters. The van der Waals surface area contributed by atoms with E-state index in [1.807, 2.05) is 0 Å². The fourth-order valence-electron chi connectivity index (χ4n) is 2.33. The number of aryl methyl sites for hydroxylation is 2. The van der Waals surface area contributed by atoms with Gasteiger partial charge in [-0.2, -0.15) is 0 Å². The van der Waals surface area contributed by atoms with Crippen LogP contribution < -0.4 is 0 Å². The highest BCUT2D eigenvalue weighted by Crippen LogP contribution is 2.21. The Bertz CT molecular complexity index is 491. The molecule has 0 radical (unpaired) electrons. The lowest BCUT2D eigenvalue weighted by molar-refractivity contribution is -0.148. The number of hydrogen-bond acceptors (Lipinski definition) is 5. The van der Waals surface area contributed by atoms with Gasteiger partial charge in [0.15, 0.2) is 0 Å². The third-order valence-electron chi connectivity index (χ3n) is 3.39. The summed E-state index contributed by atoms with van der Waals surface area (Å²) in [7, 11) is 0. The smallest absolute Gasteiger partial charge is 0.326 e. The van der Waals surface area contributed by atoms with Crippen molar-refractivity contribution in [3.8, 4) is 0 Å². The highest BCUT2D eigenvalue weighted by atomic mass is 16.5. The summed E-state index contributed by atoms with van der Waals surface area (Å²) in [5, 5.41) is 22.3. The van der Waals surface area contributed by atoms with Gasteiger partial charge in [0.25, 0.3) is 0 Å². The van der Waals surface area contributed by atoms with Gasteiger partial charge in [-0.1, -0.05) is 5.16 Å². The van der Waals surface area contributed by atoms with Gasteiger partial charge >= 0.3 is 5.97 Å². The molecule has 1 aromatic heterocycles. The van der Waals surface area contributed by atoms with Crippen LogP contribution in [0.15, 0.2) is 4.52 Å². The average Bonchev–Trinajstić information content (AvgIpc) is 2.87. The van der Waals surface area contributed by atoms with Crippen molar-refractivity contribution in [1.29, 1.82) is 0 Å². The van der Waals surface area contributed by atoms with Crippen molar-refractivity contribution in [2.75, 3.05) is 6.54 Å². The number of aromatic nitrogens is 1. The Morgan fingerprint density at radius 3 is 2.68 bits per heavy atom. The molecule has 1 aliphatic rings. The lowest BCUT2D eigenvalue weighted by atomic mass is 10.1. The predicted molar refractivity (Wildman–Crippen MR) is 63.4 cm³/mol. The second-order valence-corrected chi connectivity index (χ2v) is 4.77. The monoisotopic (exact) mass is 268 g/mol. The molecule has 7 heteroatoms. The Kier molecular flexibility index (Phi) is 3.57. The fraction of sp³-hybridized carbons (Fsp3) is 0.583. The van der Waals surface area contributed by atoms with Crippen LogP contribution >= 0.6 is 0 Å². The normalized spacial score (nSPS) is 22.8. The number of aliphatic carboxylic acids is 1. The molecule has 1 aliphatic heterocycles. The Balaban J connectivity index is 2.13. The number of hydrogen-bond donors (Lipinski definition) is 2. The zero-order chi connectivity index (χ0) is 14.2. The summed E-state index contributed by atoms with van der Waals surface area (Å²) in [5.74, 6) is -0.875. The number of likely N-dealkylation sites (tertiary alicyclic amines) is 1. The van der Waals surface area contributed by atoms with Gasteiger partial charge in [0.2, 0.25) is 5.91 Å². The van der Waals surface area contributed by atoms with Crippen molar-refractivity contribution in [1.82, 2.24) is 10.1 Å². The van der Waals surface area contributed by atoms with Crippen LogP contribution in [0.25, 0.3) is 0 Å². The van der Waals surface area contributed by atoms with Gasteiger partial charge in [0, 0.05) is 18.5 Å². The van der Waals surface area contributed by atoms with Crippen molar-refractivity contribution in [3.05, 3.63) is 17.0 Å². The summed E-state index contributed by atoms with van der Waals surface area (Å²) in [5.41, 5.74) is 1.30. The van der Waals surface area contributed by atoms with E-state index in [-0.39, 0.29) is 25.3 Å². The molecule has 0 aliphatic carbocycles. The van der Waals surface area contributed by atoms with Crippen LogP contribution in [0.3, 0.4) is 0 Å². The van der Waals surface area contributed by atoms with Crippen molar-refractivity contribution < 1.29 is 24.3 Å². The maximum atomic E-state index is 12.2. The van der Waals surface area contributed by atoms with Crippen LogP contribution in [0.2, 0.25) is 0 Å². The maximum Gasteiger partial charge on any atom is 0.326 e. The molecule has 2 heterocycles. The molecule has 2 rings (SSSR count). The van der Waals surface area contributed by atoms with E-state index in [2.05, 4.69) is 5.16 Å². The third kappa shape index (κ3) is 2.60. The van der Waals surface area contributed by atoms with Crippen molar-refractivity contribution in [2.24, 2.45) is 0 Å². The molecule has 1 saturated heterocycles. The molecule has 104 valence electrons. The standard InChI is InChI=1S/C12H16N2O5/c1-6-9(7(2)19-13-6)4-11(16)14-5-8(15)3-10(14)12(17)18/h8,10,15H,3-5H2,1-2H3,(H,17,18)/t8-,10-/m0/s1. The largest absolute Gasteiger partial charge is 0.480 e. The summed E-state index contributed by atoms with van der Waals surface area (Å²) in [4.78, 5) is 24.4. The first kappa shape index (κ1) is 13.5. The van der Waals surface area contributed by atoms with Crippen molar-refractivity contribution >= 4 is 11.9 Å². The molecule has 0 bridgehead atoms. The van der Waals surface area contributed by atoms with Gasteiger partial charge in [0.05, 0.1) is 18.2 Å². The Labute approximate surface area is 109 Å². The summed E-state index contributed by atoms with van der Waals surface area (Å²) < 4.78 is 4.97. The Hall–Kier alpha value is -1.89. The van der Waals surface area contributed by atoms with E-state index < -0.39 is 18.1 Å². The predicted octanol–water partition coefficient (Wildman–Crippen LogP) is -0.120. The van der Waals surface area contributed by atoms with E-state index in [0.717, 1.165) is 0 Å². The zero-order valence-corrected chi connectivity index (χ0v) is 10.8. The molecule has 7 nitrogen and oxygen atoms in total. The molecular formula is C12H16N2O5. The summed E-state index contributed by atoms with van der Waals surface area (Å²) in [6.45, 7) is 3.49. The number of carboxylic acids is 1. The molecule has 0 saturated carbocycles. The number of carboxylic acid groups (broad SMARTS) is 1. The maximum absolute atomic E-state index is 12.2. The van der Waals surface area contributed by atoms with Gasteiger partial charge in [-0.3, -0.25) is 4.79 Å². The number of carbonyl (C=O) groups is 2. The van der Waals surface area contributed by atoms with E-state index in [9.17, 15) is 14.7 Å². The number of amides is 1. The summed E-state index contributed by atoms with van der Waals surface area (Å²) in [6.07, 6.45) is -0.671. The van der Waals surface area contributed by atoms with Gasteiger partial charge in [-0.05, 0) is 13.8 Å². The molecule has 1 aromatic rings. The molecule has 1 amide bonds. The third-order valence-corrected chi connectivity index (χ3v) is 3.39. The van der Waals surface area contributed by atoms with Crippen molar-refractivity contribution in [2.45, 2.75) is 38.8 Å². The second kappa shape index (κ2) is 5.00. The van der Waals surface area contributed by atoms with Crippen LogP contribution in [0.1, 0.15) is 23.4 Å². The molecule has 19 heavy (non-hydrogen) atoms. The number of carbonyl (C=O) groups excluding carboxylic acids is 1. The molecule has 0 aromatic carbocycles. The van der Waals surface area contributed by atoms with E-state index in [0.29, 0.717) is 17.0 Å². The zero-order valence-electron chi connectivity index (χ0n) is 10.8. The summed E-state index contributed by atoms with van der Waals surface area (Å²) >= 11 is 0. The number of rotatable bonds is 3. The molecular weight excluding hydrogens is 252 g/mol. The Morgan fingerprint density at radius 2 is 2.16 bits per heavy atom. The quantitative estimate of drug-likeness (QED) is 0.792. The fourth-order valence-corrected chi connectivity index (χ4v) is 2.33.